The van der Waals surface area contributed by atoms with E-state index in [4.69, 9.17) is 10.5 Å². The number of nitrogens with zero attached hydrogens (tertiary/aromatic N) is 1. The molecule has 0 aromatic heterocycles. The maximum Gasteiger partial charge on any atom is 0.119 e. The summed E-state index contributed by atoms with van der Waals surface area (Å²) in [5.74, 6) is 1.77. The highest BCUT2D eigenvalue weighted by atomic mass is 16.5. The van der Waals surface area contributed by atoms with Crippen LogP contribution in [0.3, 0.4) is 0 Å². The van der Waals surface area contributed by atoms with Gasteiger partial charge in [0.1, 0.15) is 12.4 Å². The van der Waals surface area contributed by atoms with Crippen LogP contribution < -0.4 is 10.5 Å². The molecule has 1 aromatic rings. The van der Waals surface area contributed by atoms with Gasteiger partial charge in [-0.2, -0.15) is 0 Å². The van der Waals surface area contributed by atoms with Crippen LogP contribution in [-0.4, -0.2) is 37.7 Å². The van der Waals surface area contributed by atoms with Gasteiger partial charge in [-0.3, -0.25) is 4.90 Å². The minimum Gasteiger partial charge on any atom is -0.492 e. The van der Waals surface area contributed by atoms with Crippen molar-refractivity contribution in [1.82, 2.24) is 4.90 Å². The van der Waals surface area contributed by atoms with Crippen molar-refractivity contribution in [2.45, 2.75) is 33.6 Å². The lowest BCUT2D eigenvalue weighted by Gasteiger charge is -2.27. The minimum atomic E-state index is 0.425. The lowest BCUT2D eigenvalue weighted by Crippen LogP contribution is -2.29. The van der Waals surface area contributed by atoms with E-state index in [1.54, 1.807) is 0 Å². The molecule has 1 unspecified atom stereocenters. The Bertz CT molecular complexity index is 422. The van der Waals surface area contributed by atoms with E-state index in [-0.39, 0.29) is 0 Å². The number of benzene rings is 1. The summed E-state index contributed by atoms with van der Waals surface area (Å²) in [6, 6.07) is 8.31. The molecule has 21 heavy (non-hydrogen) atoms. The number of hydrogen-bond donors (Lipinski definition) is 1. The van der Waals surface area contributed by atoms with E-state index < -0.39 is 0 Å². The van der Waals surface area contributed by atoms with Crippen molar-refractivity contribution < 1.29 is 4.74 Å². The number of ether oxygens (including phenoxy) is 1. The fraction of sp³-hybridized carbons (Fsp3) is 0.667. The lowest BCUT2D eigenvalue weighted by molar-refractivity contribution is 0.203. The van der Waals surface area contributed by atoms with Crippen LogP contribution in [0.4, 0.5) is 0 Å². The van der Waals surface area contributed by atoms with Gasteiger partial charge in [-0.05, 0) is 55.0 Å². The molecule has 3 nitrogen and oxygen atoms in total. The quantitative estimate of drug-likeness (QED) is 0.875. The van der Waals surface area contributed by atoms with E-state index in [1.807, 2.05) is 12.1 Å². The van der Waals surface area contributed by atoms with Crippen molar-refractivity contribution in [2.75, 3.05) is 32.8 Å². The Morgan fingerprint density at radius 1 is 1.24 bits per heavy atom. The van der Waals surface area contributed by atoms with Crippen molar-refractivity contribution in [2.24, 2.45) is 17.1 Å². The second kappa shape index (κ2) is 7.28. The fourth-order valence-electron chi connectivity index (χ4n) is 2.95. The molecule has 1 saturated heterocycles. The summed E-state index contributed by atoms with van der Waals surface area (Å²) >= 11 is 0. The van der Waals surface area contributed by atoms with Crippen molar-refractivity contribution in [3.05, 3.63) is 29.8 Å². The molecule has 1 aliphatic heterocycles. The summed E-state index contributed by atoms with van der Waals surface area (Å²) in [6.45, 7) is 12.0. The average molecular weight is 290 g/mol. The van der Waals surface area contributed by atoms with Gasteiger partial charge >= 0.3 is 0 Å². The number of hydrogen-bond acceptors (Lipinski definition) is 3. The highest BCUT2D eigenvalue weighted by Gasteiger charge is 2.31. The van der Waals surface area contributed by atoms with Gasteiger partial charge in [-0.25, -0.2) is 0 Å². The van der Waals surface area contributed by atoms with E-state index in [9.17, 15) is 0 Å². The molecule has 3 heteroatoms. The van der Waals surface area contributed by atoms with E-state index in [1.165, 1.54) is 25.1 Å². The van der Waals surface area contributed by atoms with E-state index >= 15 is 0 Å². The normalized spacial score (nSPS) is 19.9. The Morgan fingerprint density at radius 3 is 2.52 bits per heavy atom. The van der Waals surface area contributed by atoms with Crippen molar-refractivity contribution >= 4 is 0 Å². The van der Waals surface area contributed by atoms with E-state index in [2.05, 4.69) is 37.8 Å². The van der Waals surface area contributed by atoms with Crippen LogP contribution >= 0.6 is 0 Å². The smallest absolute Gasteiger partial charge is 0.119 e. The van der Waals surface area contributed by atoms with Crippen molar-refractivity contribution in [3.63, 3.8) is 0 Å². The van der Waals surface area contributed by atoms with Crippen LogP contribution in [-0.2, 0) is 6.42 Å². The molecular formula is C18H30N2O. The van der Waals surface area contributed by atoms with Gasteiger partial charge in [0.25, 0.3) is 0 Å². The maximum absolute atomic E-state index is 5.85. The van der Waals surface area contributed by atoms with Gasteiger partial charge in [0, 0.05) is 13.1 Å². The Labute approximate surface area is 129 Å². The molecule has 118 valence electrons. The number of rotatable bonds is 6. The largest absolute Gasteiger partial charge is 0.492 e. The molecule has 1 atom stereocenters. The second-order valence-corrected chi connectivity index (χ2v) is 7.18. The summed E-state index contributed by atoms with van der Waals surface area (Å²) < 4.78 is 5.85. The zero-order valence-corrected chi connectivity index (χ0v) is 13.8. The first-order valence-electron chi connectivity index (χ1n) is 8.13. The molecule has 0 saturated carbocycles. The van der Waals surface area contributed by atoms with Gasteiger partial charge in [-0.15, -0.1) is 0 Å². The Morgan fingerprint density at radius 2 is 1.95 bits per heavy atom. The predicted octanol–water partition coefficient (Wildman–Crippen LogP) is 2.93. The van der Waals surface area contributed by atoms with Crippen LogP contribution in [0.25, 0.3) is 0 Å². The van der Waals surface area contributed by atoms with Crippen molar-refractivity contribution in [3.8, 4) is 5.75 Å². The predicted molar refractivity (Wildman–Crippen MR) is 88.7 cm³/mol. The van der Waals surface area contributed by atoms with Crippen LogP contribution in [0.2, 0.25) is 0 Å². The molecule has 1 heterocycles. The first-order chi connectivity index (χ1) is 9.99. The molecule has 0 radical (unpaired) electrons. The third kappa shape index (κ3) is 5.01. The second-order valence-electron chi connectivity index (χ2n) is 7.18. The summed E-state index contributed by atoms with van der Waals surface area (Å²) in [4.78, 5) is 2.53. The molecule has 2 rings (SSSR count). The molecule has 0 bridgehead atoms. The highest BCUT2D eigenvalue weighted by molar-refractivity contribution is 5.27. The van der Waals surface area contributed by atoms with Crippen LogP contribution in [0.1, 0.15) is 32.8 Å². The molecule has 1 fully saturated rings. The SMILES string of the molecule is CC(C)(C)C1CCN(CCOc2ccc(CCN)cc2)C1. The third-order valence-corrected chi connectivity index (χ3v) is 4.53. The van der Waals surface area contributed by atoms with Crippen molar-refractivity contribution in [1.29, 1.82) is 0 Å². The Hall–Kier alpha value is -1.06. The summed E-state index contributed by atoms with van der Waals surface area (Å²) in [6.07, 6.45) is 2.25. The molecule has 0 aliphatic carbocycles. The standard InChI is InChI=1S/C18H30N2O/c1-18(2,3)16-9-11-20(14-16)12-13-21-17-6-4-15(5-7-17)8-10-19/h4-7,16H,8-14,19H2,1-3H3. The zero-order chi connectivity index (χ0) is 15.3. The van der Waals surface area contributed by atoms with Gasteiger partial charge < -0.3 is 10.5 Å². The van der Waals surface area contributed by atoms with E-state index in [0.717, 1.165) is 31.2 Å². The Kier molecular flexibility index (Phi) is 5.65. The van der Waals surface area contributed by atoms with Gasteiger partial charge in [0.05, 0.1) is 0 Å². The lowest BCUT2D eigenvalue weighted by atomic mass is 9.80. The van der Waals surface area contributed by atoms with Gasteiger partial charge in [0.2, 0.25) is 0 Å². The summed E-state index contributed by atoms with van der Waals surface area (Å²) in [5.41, 5.74) is 7.25. The Balaban J connectivity index is 1.70. The molecule has 2 N–H and O–H groups in total. The van der Waals surface area contributed by atoms with Gasteiger partial charge in [0.15, 0.2) is 0 Å². The maximum atomic E-state index is 5.85. The monoisotopic (exact) mass is 290 g/mol. The van der Waals surface area contributed by atoms with Crippen LogP contribution in [0, 0.1) is 11.3 Å². The fourth-order valence-corrected chi connectivity index (χ4v) is 2.95. The first kappa shape index (κ1) is 16.3. The molecular weight excluding hydrogens is 260 g/mol. The van der Waals surface area contributed by atoms with Crippen LogP contribution in [0.15, 0.2) is 24.3 Å². The summed E-state index contributed by atoms with van der Waals surface area (Å²) in [7, 11) is 0. The molecule has 0 amide bonds. The van der Waals surface area contributed by atoms with Gasteiger partial charge in [-0.1, -0.05) is 32.9 Å². The highest BCUT2D eigenvalue weighted by Crippen LogP contribution is 2.33. The molecule has 1 aromatic carbocycles. The van der Waals surface area contributed by atoms with E-state index in [0.29, 0.717) is 12.0 Å². The first-order valence-corrected chi connectivity index (χ1v) is 8.13. The van der Waals surface area contributed by atoms with Crippen LogP contribution in [0.5, 0.6) is 5.75 Å². The number of nitrogens with two attached hydrogens (primary N) is 1. The summed E-state index contributed by atoms with van der Waals surface area (Å²) in [5, 5.41) is 0. The minimum absolute atomic E-state index is 0.425. The third-order valence-electron chi connectivity index (χ3n) is 4.53. The zero-order valence-electron chi connectivity index (χ0n) is 13.8. The molecule has 0 spiro atoms. The average Bonchev–Trinajstić information content (AvgIpc) is 2.90. The molecule has 1 aliphatic rings. The topological polar surface area (TPSA) is 38.5 Å². The number of likely N-dealkylation sites (tertiary alicyclic amines) is 1.